The van der Waals surface area contributed by atoms with E-state index in [9.17, 15) is 4.79 Å². The summed E-state index contributed by atoms with van der Waals surface area (Å²) in [4.78, 5) is 16.3. The minimum atomic E-state index is -0.0625. The van der Waals surface area contributed by atoms with Crippen molar-refractivity contribution in [1.82, 2.24) is 20.4 Å². The molecule has 5 heteroatoms. The molecule has 0 unspecified atom stereocenters. The molecule has 1 fully saturated rings. The Morgan fingerprint density at radius 3 is 2.50 bits per heavy atom. The number of nitrogens with one attached hydrogen (secondary N) is 2. The molecule has 0 bridgehead atoms. The predicted octanol–water partition coefficient (Wildman–Crippen LogP) is 2.03. The fraction of sp³-hybridized carbons (Fsp3) is 0.526. The Morgan fingerprint density at radius 1 is 1.08 bits per heavy atom. The highest BCUT2D eigenvalue weighted by atomic mass is 16.2. The molecule has 5 nitrogen and oxygen atoms in total. The largest absolute Gasteiger partial charge is 0.338 e. The first-order chi connectivity index (χ1) is 11.8. The van der Waals surface area contributed by atoms with Crippen molar-refractivity contribution in [3.8, 4) is 0 Å². The number of urea groups is 1. The van der Waals surface area contributed by atoms with Crippen LogP contribution in [-0.4, -0.2) is 68.2 Å². The molecule has 0 spiro atoms. The van der Waals surface area contributed by atoms with E-state index >= 15 is 0 Å². The van der Waals surface area contributed by atoms with Crippen molar-refractivity contribution in [3.05, 3.63) is 42.0 Å². The Balaban J connectivity index is 1.55. The van der Waals surface area contributed by atoms with E-state index in [4.69, 9.17) is 0 Å². The monoisotopic (exact) mass is 330 g/mol. The summed E-state index contributed by atoms with van der Waals surface area (Å²) in [5.41, 5.74) is 1.26. The van der Waals surface area contributed by atoms with Crippen LogP contribution in [0.15, 0.2) is 36.4 Å². The van der Waals surface area contributed by atoms with Crippen molar-refractivity contribution in [3.63, 3.8) is 0 Å². The fourth-order valence-corrected chi connectivity index (χ4v) is 2.83. The maximum Gasteiger partial charge on any atom is 0.314 e. The van der Waals surface area contributed by atoms with Crippen molar-refractivity contribution in [1.29, 1.82) is 0 Å². The fourth-order valence-electron chi connectivity index (χ4n) is 2.83. The third kappa shape index (κ3) is 7.15. The first-order valence-corrected chi connectivity index (χ1v) is 8.96. The van der Waals surface area contributed by atoms with Crippen LogP contribution in [-0.2, 0) is 0 Å². The van der Waals surface area contributed by atoms with E-state index in [-0.39, 0.29) is 6.03 Å². The lowest BCUT2D eigenvalue weighted by atomic mass is 10.2. The molecule has 2 N–H and O–H groups in total. The van der Waals surface area contributed by atoms with E-state index in [1.165, 1.54) is 5.56 Å². The van der Waals surface area contributed by atoms with Crippen molar-refractivity contribution >= 4 is 12.1 Å². The van der Waals surface area contributed by atoms with Crippen molar-refractivity contribution in [2.75, 3.05) is 52.4 Å². The molecule has 1 heterocycles. The molecule has 1 aliphatic rings. The highest BCUT2D eigenvalue weighted by Gasteiger charge is 2.15. The Morgan fingerprint density at radius 2 is 1.79 bits per heavy atom. The Hall–Kier alpha value is -1.85. The van der Waals surface area contributed by atoms with Crippen LogP contribution in [0, 0.1) is 0 Å². The van der Waals surface area contributed by atoms with Gasteiger partial charge in [0.25, 0.3) is 0 Å². The molecule has 24 heavy (non-hydrogen) atoms. The number of piperazine rings is 1. The van der Waals surface area contributed by atoms with E-state index in [1.807, 2.05) is 13.0 Å². The molecular weight excluding hydrogens is 300 g/mol. The maximum absolute atomic E-state index is 11.3. The third-order valence-electron chi connectivity index (χ3n) is 4.21. The number of nitrogens with zero attached hydrogens (tertiary/aromatic N) is 2. The molecule has 1 saturated heterocycles. The summed E-state index contributed by atoms with van der Waals surface area (Å²) < 4.78 is 0. The van der Waals surface area contributed by atoms with E-state index in [0.29, 0.717) is 6.54 Å². The Bertz CT molecular complexity index is 495. The smallest absolute Gasteiger partial charge is 0.314 e. The molecule has 0 radical (unpaired) electrons. The van der Waals surface area contributed by atoms with Gasteiger partial charge in [0.05, 0.1) is 0 Å². The van der Waals surface area contributed by atoms with Crippen LogP contribution in [0.5, 0.6) is 0 Å². The maximum atomic E-state index is 11.3. The van der Waals surface area contributed by atoms with Crippen molar-refractivity contribution in [2.45, 2.75) is 13.3 Å². The molecule has 1 aromatic carbocycles. The third-order valence-corrected chi connectivity index (χ3v) is 4.21. The zero-order chi connectivity index (χ0) is 17.0. The molecule has 1 aliphatic heterocycles. The zero-order valence-corrected chi connectivity index (χ0v) is 14.7. The summed E-state index contributed by atoms with van der Waals surface area (Å²) in [6.45, 7) is 9.86. The summed E-state index contributed by atoms with van der Waals surface area (Å²) in [6, 6.07) is 10.4. The number of benzene rings is 1. The van der Waals surface area contributed by atoms with Gasteiger partial charge in [0.1, 0.15) is 0 Å². The zero-order valence-electron chi connectivity index (χ0n) is 14.7. The van der Waals surface area contributed by atoms with Gasteiger partial charge in [-0.05, 0) is 25.5 Å². The highest BCUT2D eigenvalue weighted by molar-refractivity contribution is 5.73. The second kappa shape index (κ2) is 10.8. The SMILES string of the molecule is CCNC(=O)NCCCN1CCN(CC=Cc2ccccc2)CC1. The van der Waals surface area contributed by atoms with Crippen LogP contribution >= 0.6 is 0 Å². The summed E-state index contributed by atoms with van der Waals surface area (Å²) in [6.07, 6.45) is 5.45. The number of amides is 2. The van der Waals surface area contributed by atoms with Gasteiger partial charge in [-0.2, -0.15) is 0 Å². The van der Waals surface area contributed by atoms with E-state index in [2.05, 4.69) is 56.9 Å². The summed E-state index contributed by atoms with van der Waals surface area (Å²) in [7, 11) is 0. The minimum Gasteiger partial charge on any atom is -0.338 e. The van der Waals surface area contributed by atoms with E-state index in [1.54, 1.807) is 0 Å². The normalized spacial score (nSPS) is 16.4. The predicted molar refractivity (Wildman–Crippen MR) is 100 cm³/mol. The lowest BCUT2D eigenvalue weighted by Crippen LogP contribution is -2.47. The van der Waals surface area contributed by atoms with Crippen LogP contribution < -0.4 is 10.6 Å². The van der Waals surface area contributed by atoms with Gasteiger partial charge < -0.3 is 15.5 Å². The second-order valence-corrected chi connectivity index (χ2v) is 6.10. The number of hydrogen-bond acceptors (Lipinski definition) is 3. The van der Waals surface area contributed by atoms with Gasteiger partial charge in [-0.25, -0.2) is 4.79 Å². The van der Waals surface area contributed by atoms with Gasteiger partial charge in [0, 0.05) is 45.8 Å². The van der Waals surface area contributed by atoms with Crippen molar-refractivity contribution < 1.29 is 4.79 Å². The minimum absolute atomic E-state index is 0.0625. The molecule has 0 aliphatic carbocycles. The van der Waals surface area contributed by atoms with Gasteiger partial charge in [0.2, 0.25) is 0 Å². The standard InChI is InChI=1S/C19H30N4O/c1-2-20-19(24)21-11-7-13-23-16-14-22(15-17-23)12-6-10-18-8-4-3-5-9-18/h3-6,8-10H,2,7,11-17H2,1H3,(H2,20,21,24). The highest BCUT2D eigenvalue weighted by Crippen LogP contribution is 2.04. The van der Waals surface area contributed by atoms with Crippen LogP contribution in [0.4, 0.5) is 4.79 Å². The van der Waals surface area contributed by atoms with Crippen molar-refractivity contribution in [2.24, 2.45) is 0 Å². The second-order valence-electron chi connectivity index (χ2n) is 6.10. The van der Waals surface area contributed by atoms with Gasteiger partial charge in [-0.1, -0.05) is 42.5 Å². The molecule has 2 amide bonds. The van der Waals surface area contributed by atoms with Gasteiger partial charge in [-0.15, -0.1) is 0 Å². The van der Waals surface area contributed by atoms with Crippen LogP contribution in [0.3, 0.4) is 0 Å². The summed E-state index contributed by atoms with van der Waals surface area (Å²) in [5.74, 6) is 0. The summed E-state index contributed by atoms with van der Waals surface area (Å²) >= 11 is 0. The first-order valence-electron chi connectivity index (χ1n) is 8.96. The first kappa shape index (κ1) is 18.5. The molecule has 0 atom stereocenters. The topological polar surface area (TPSA) is 47.6 Å². The lowest BCUT2D eigenvalue weighted by Gasteiger charge is -2.34. The quantitative estimate of drug-likeness (QED) is 0.717. The van der Waals surface area contributed by atoms with E-state index in [0.717, 1.165) is 52.2 Å². The van der Waals surface area contributed by atoms with Gasteiger partial charge in [-0.3, -0.25) is 4.90 Å². The molecule has 0 saturated carbocycles. The van der Waals surface area contributed by atoms with Crippen LogP contribution in [0.1, 0.15) is 18.9 Å². The Labute approximate surface area is 145 Å². The number of carbonyl (C=O) groups excluding carboxylic acids is 1. The Kier molecular flexibility index (Phi) is 8.35. The van der Waals surface area contributed by atoms with Crippen LogP contribution in [0.25, 0.3) is 6.08 Å². The summed E-state index contributed by atoms with van der Waals surface area (Å²) in [5, 5.41) is 5.62. The van der Waals surface area contributed by atoms with Gasteiger partial charge >= 0.3 is 6.03 Å². The molecule has 2 rings (SSSR count). The average Bonchev–Trinajstić information content (AvgIpc) is 2.61. The average molecular weight is 330 g/mol. The number of hydrogen-bond donors (Lipinski definition) is 2. The van der Waals surface area contributed by atoms with Crippen LogP contribution in [0.2, 0.25) is 0 Å². The number of carbonyl (C=O) groups is 1. The number of rotatable bonds is 8. The molecule has 0 aromatic heterocycles. The molecule has 1 aromatic rings. The molecular formula is C19H30N4O. The van der Waals surface area contributed by atoms with E-state index < -0.39 is 0 Å². The molecule has 132 valence electrons. The van der Waals surface area contributed by atoms with Gasteiger partial charge in [0.15, 0.2) is 0 Å². The lowest BCUT2D eigenvalue weighted by molar-refractivity contribution is 0.141.